The van der Waals surface area contributed by atoms with Crippen LogP contribution in [0.3, 0.4) is 0 Å². The first-order valence-electron chi connectivity index (χ1n) is 9.23. The van der Waals surface area contributed by atoms with E-state index in [2.05, 4.69) is 36.4 Å². The summed E-state index contributed by atoms with van der Waals surface area (Å²) < 4.78 is 13.5. The molecule has 4 nitrogen and oxygen atoms in total. The Bertz CT molecular complexity index is 760. The van der Waals surface area contributed by atoms with Crippen molar-refractivity contribution in [3.05, 3.63) is 51.2 Å². The van der Waals surface area contributed by atoms with Crippen molar-refractivity contribution in [3.8, 4) is 0 Å². The molecule has 0 unspecified atom stereocenters. The van der Waals surface area contributed by atoms with Crippen molar-refractivity contribution in [2.75, 3.05) is 19.6 Å². The fraction of sp³-hybridized carbons (Fsp3) is 0.500. The van der Waals surface area contributed by atoms with Gasteiger partial charge in [0.05, 0.1) is 17.2 Å². The monoisotopic (exact) mass is 374 g/mol. The highest BCUT2D eigenvalue weighted by Crippen LogP contribution is 2.48. The summed E-state index contributed by atoms with van der Waals surface area (Å²) in [5.74, 6) is 0.650. The number of nitrogens with zero attached hydrogens (tertiary/aromatic N) is 2. The Morgan fingerprint density at radius 2 is 2.12 bits per heavy atom. The van der Waals surface area contributed by atoms with Crippen molar-refractivity contribution in [3.63, 3.8) is 0 Å². The van der Waals surface area contributed by atoms with Crippen molar-refractivity contribution >= 4 is 17.3 Å². The Morgan fingerprint density at radius 1 is 1.31 bits per heavy atom. The van der Waals surface area contributed by atoms with Gasteiger partial charge in [0.2, 0.25) is 0 Å². The third kappa shape index (κ3) is 4.61. The Kier molecular flexibility index (Phi) is 5.91. The minimum atomic E-state index is -0.170. The maximum atomic E-state index is 13.5. The van der Waals surface area contributed by atoms with Crippen molar-refractivity contribution < 1.29 is 4.39 Å². The zero-order valence-electron chi connectivity index (χ0n) is 15.7. The topological polar surface area (TPSA) is 49.3 Å². The zero-order valence-corrected chi connectivity index (χ0v) is 16.5. The molecule has 1 saturated carbocycles. The second kappa shape index (κ2) is 8.16. The molecule has 0 saturated heterocycles. The van der Waals surface area contributed by atoms with Crippen LogP contribution >= 0.6 is 11.3 Å². The fourth-order valence-electron chi connectivity index (χ4n) is 3.01. The first kappa shape index (κ1) is 18.8. The number of aryl methyl sites for hydroxylation is 2. The van der Waals surface area contributed by atoms with E-state index >= 15 is 0 Å². The largest absolute Gasteiger partial charge is 0.357 e. The van der Waals surface area contributed by atoms with Crippen LogP contribution in [-0.4, -0.2) is 30.6 Å². The number of guanidine groups is 1. The standard InChI is InChI=1S/C20H27FN4S/c1-4-22-19(23-11-8-18-25-14(2)15(3)26-18)24-13-20(9-10-20)16-6-5-7-17(21)12-16/h5-7,12H,4,8-11,13H2,1-3H3,(H2,22,23,24). The van der Waals surface area contributed by atoms with E-state index in [1.165, 1.54) is 10.9 Å². The highest BCUT2D eigenvalue weighted by atomic mass is 32.1. The quantitative estimate of drug-likeness (QED) is 0.573. The van der Waals surface area contributed by atoms with E-state index in [9.17, 15) is 4.39 Å². The molecule has 0 amide bonds. The molecule has 140 valence electrons. The fourth-order valence-corrected chi connectivity index (χ4v) is 3.95. The summed E-state index contributed by atoms with van der Waals surface area (Å²) in [6.45, 7) is 8.51. The van der Waals surface area contributed by atoms with Crippen molar-refractivity contribution in [2.24, 2.45) is 4.99 Å². The molecule has 26 heavy (non-hydrogen) atoms. The molecule has 0 radical (unpaired) electrons. The Morgan fingerprint density at radius 3 is 2.73 bits per heavy atom. The van der Waals surface area contributed by atoms with Gasteiger partial charge in [-0.2, -0.15) is 0 Å². The Labute approximate surface area is 159 Å². The molecule has 1 aromatic heterocycles. The molecule has 2 aromatic rings. The number of rotatable bonds is 7. The van der Waals surface area contributed by atoms with Crippen LogP contribution in [0.1, 0.15) is 40.9 Å². The van der Waals surface area contributed by atoms with Crippen molar-refractivity contribution in [1.29, 1.82) is 0 Å². The smallest absolute Gasteiger partial charge is 0.191 e. The van der Waals surface area contributed by atoms with Gasteiger partial charge in [0.1, 0.15) is 5.82 Å². The van der Waals surface area contributed by atoms with Crippen LogP contribution in [0.15, 0.2) is 29.3 Å². The van der Waals surface area contributed by atoms with Gasteiger partial charge in [0.25, 0.3) is 0 Å². The second-order valence-corrected chi connectivity index (χ2v) is 8.20. The average Bonchev–Trinajstić information content (AvgIpc) is 3.34. The van der Waals surface area contributed by atoms with Crippen LogP contribution < -0.4 is 10.6 Å². The molecule has 2 N–H and O–H groups in total. The SMILES string of the molecule is CCNC(=NCC1(c2cccc(F)c2)CC1)NCCc1nc(C)c(C)s1. The van der Waals surface area contributed by atoms with Gasteiger partial charge < -0.3 is 10.6 Å². The summed E-state index contributed by atoms with van der Waals surface area (Å²) in [6.07, 6.45) is 3.02. The zero-order chi connectivity index (χ0) is 18.6. The third-order valence-electron chi connectivity index (χ3n) is 4.88. The molecule has 0 spiro atoms. The van der Waals surface area contributed by atoms with Gasteiger partial charge in [-0.05, 0) is 51.3 Å². The van der Waals surface area contributed by atoms with Gasteiger partial charge in [-0.3, -0.25) is 4.99 Å². The van der Waals surface area contributed by atoms with Gasteiger partial charge in [0, 0.05) is 29.8 Å². The van der Waals surface area contributed by atoms with E-state index in [0.717, 1.165) is 54.6 Å². The summed E-state index contributed by atoms with van der Waals surface area (Å²) in [7, 11) is 0. The normalized spacial score (nSPS) is 15.8. The Hall–Kier alpha value is -1.95. The maximum absolute atomic E-state index is 13.5. The van der Waals surface area contributed by atoms with Crippen LogP contribution in [0.4, 0.5) is 4.39 Å². The summed E-state index contributed by atoms with van der Waals surface area (Å²) in [4.78, 5) is 10.6. The highest BCUT2D eigenvalue weighted by molar-refractivity contribution is 7.11. The van der Waals surface area contributed by atoms with E-state index in [1.54, 1.807) is 23.5 Å². The van der Waals surface area contributed by atoms with E-state index in [1.807, 2.05) is 6.07 Å². The van der Waals surface area contributed by atoms with E-state index < -0.39 is 0 Å². The molecule has 1 aliphatic rings. The number of thiazole rings is 1. The minimum absolute atomic E-state index is 0.00792. The van der Waals surface area contributed by atoms with Crippen LogP contribution in [0.2, 0.25) is 0 Å². The minimum Gasteiger partial charge on any atom is -0.357 e. The molecule has 0 aliphatic heterocycles. The number of nitrogens with one attached hydrogen (secondary N) is 2. The van der Waals surface area contributed by atoms with Crippen molar-refractivity contribution in [1.82, 2.24) is 15.6 Å². The predicted octanol–water partition coefficient (Wildman–Crippen LogP) is 3.73. The van der Waals surface area contributed by atoms with Gasteiger partial charge in [-0.1, -0.05) is 12.1 Å². The molecule has 6 heteroatoms. The summed E-state index contributed by atoms with van der Waals surface area (Å²) in [6, 6.07) is 6.95. The third-order valence-corrected chi connectivity index (χ3v) is 6.01. The lowest BCUT2D eigenvalue weighted by molar-refractivity contribution is 0.615. The van der Waals surface area contributed by atoms with Crippen molar-refractivity contribution in [2.45, 2.75) is 45.4 Å². The first-order valence-corrected chi connectivity index (χ1v) is 10.1. The predicted molar refractivity (Wildman–Crippen MR) is 107 cm³/mol. The van der Waals surface area contributed by atoms with Crippen LogP contribution in [0.5, 0.6) is 0 Å². The molecule has 0 bridgehead atoms. The van der Waals surface area contributed by atoms with E-state index in [-0.39, 0.29) is 11.2 Å². The molecular weight excluding hydrogens is 347 g/mol. The number of benzene rings is 1. The Balaban J connectivity index is 1.58. The van der Waals surface area contributed by atoms with Crippen LogP contribution in [0.25, 0.3) is 0 Å². The molecule has 3 rings (SSSR count). The average molecular weight is 375 g/mol. The molecule has 1 aliphatic carbocycles. The van der Waals surface area contributed by atoms with E-state index in [4.69, 9.17) is 4.99 Å². The van der Waals surface area contributed by atoms with Gasteiger partial charge >= 0.3 is 0 Å². The highest BCUT2D eigenvalue weighted by Gasteiger charge is 2.44. The maximum Gasteiger partial charge on any atom is 0.191 e. The van der Waals surface area contributed by atoms with Crippen LogP contribution in [-0.2, 0) is 11.8 Å². The van der Waals surface area contributed by atoms with Gasteiger partial charge in [-0.25, -0.2) is 9.37 Å². The molecular formula is C20H27FN4S. The van der Waals surface area contributed by atoms with E-state index in [0.29, 0.717) is 6.54 Å². The van der Waals surface area contributed by atoms with Crippen LogP contribution in [0, 0.1) is 19.7 Å². The molecule has 1 aromatic carbocycles. The lowest BCUT2D eigenvalue weighted by Crippen LogP contribution is -2.39. The number of aromatic nitrogens is 1. The summed E-state index contributed by atoms with van der Waals surface area (Å²) in [5.41, 5.74) is 2.19. The molecule has 1 fully saturated rings. The summed E-state index contributed by atoms with van der Waals surface area (Å²) in [5, 5.41) is 7.84. The first-order chi connectivity index (χ1) is 12.5. The number of hydrogen-bond donors (Lipinski definition) is 2. The van der Waals surface area contributed by atoms with Gasteiger partial charge in [-0.15, -0.1) is 11.3 Å². The number of aliphatic imine (C=N–C) groups is 1. The van der Waals surface area contributed by atoms with Gasteiger partial charge in [0.15, 0.2) is 5.96 Å². The lowest BCUT2D eigenvalue weighted by atomic mass is 9.96. The lowest BCUT2D eigenvalue weighted by Gasteiger charge is -2.16. The number of halogens is 1. The second-order valence-electron chi connectivity index (χ2n) is 6.91. The number of hydrogen-bond acceptors (Lipinski definition) is 3. The molecule has 0 atom stereocenters. The molecule has 1 heterocycles. The summed E-state index contributed by atoms with van der Waals surface area (Å²) >= 11 is 1.76.